The Morgan fingerprint density at radius 2 is 2.86 bits per heavy atom. The number of hydroxylamine groups is 2. The van der Waals surface area contributed by atoms with Gasteiger partial charge in [0.05, 0.1) is 17.9 Å². The van der Waals surface area contributed by atoms with Gasteiger partial charge in [-0.05, 0) is 21.0 Å². The predicted octanol–water partition coefficient (Wildman–Crippen LogP) is 0.0559. The van der Waals surface area contributed by atoms with Gasteiger partial charge in [-0.15, -0.1) is 5.06 Å². The summed E-state index contributed by atoms with van der Waals surface area (Å²) in [6.45, 7) is 0.865. The quantitative estimate of drug-likeness (QED) is 0.493. The lowest BCUT2D eigenvalue weighted by Gasteiger charge is -2.04. The average molecular weight is 214 g/mol. The second-order valence-electron chi connectivity index (χ2n) is 1.10. The maximum Gasteiger partial charge on any atom is 0.0864 e. The third kappa shape index (κ3) is 1.45. The van der Waals surface area contributed by atoms with Gasteiger partial charge in [0.25, 0.3) is 0 Å². The first-order valence-electron chi connectivity index (χ1n) is 1.93. The molecule has 0 aromatic rings. The normalized spacial score (nSPS) is 22.4. The molecule has 1 N–H and O–H groups in total. The number of nitrogens with zero attached hydrogens (tertiary/aromatic N) is 1. The Labute approximate surface area is 52.7 Å². The van der Waals surface area contributed by atoms with Gasteiger partial charge in [0.1, 0.15) is 0 Å². The molecule has 1 heterocycles. The molecule has 0 aliphatic carbocycles. The number of hydrogen-bond donors (Lipinski definition) is 1. The maximum atomic E-state index is 4.85. The molecule has 4 heteroatoms. The van der Waals surface area contributed by atoms with Crippen LogP contribution in [0.1, 0.15) is 0 Å². The summed E-state index contributed by atoms with van der Waals surface area (Å²) in [6, 6.07) is 0. The molecule has 1 aliphatic heterocycles. The molecular formula is C3H7IN2O. The van der Waals surface area contributed by atoms with Gasteiger partial charge in [-0.25, -0.2) is 3.53 Å². The Morgan fingerprint density at radius 3 is 3.14 bits per heavy atom. The molecule has 0 saturated heterocycles. The molecule has 0 aromatic heterocycles. The largest absolute Gasteiger partial charge is 0.296 e. The van der Waals surface area contributed by atoms with Crippen LogP contribution < -0.4 is 3.53 Å². The van der Waals surface area contributed by atoms with E-state index in [-0.39, 0.29) is 21.0 Å². The van der Waals surface area contributed by atoms with Gasteiger partial charge in [-0.2, -0.15) is 0 Å². The minimum Gasteiger partial charge on any atom is -0.296 e. The zero-order chi connectivity index (χ0) is 5.11. The second-order valence-corrected chi connectivity index (χ2v) is 3.04. The van der Waals surface area contributed by atoms with Gasteiger partial charge in [-0.1, -0.05) is 0 Å². The lowest BCUT2D eigenvalue weighted by atomic mass is 11.1. The Balaban J connectivity index is 2.28. The second kappa shape index (κ2) is 2.71. The third-order valence-corrected chi connectivity index (χ3v) is 2.37. The van der Waals surface area contributed by atoms with E-state index in [1.807, 2.05) is 0 Å². The summed E-state index contributed by atoms with van der Waals surface area (Å²) in [7, 11) is 1.67. The Hall–Kier alpha value is 0.480. The molecule has 42 valence electrons. The molecule has 1 aliphatic rings. The maximum absolute atomic E-state index is 4.85. The lowest BCUT2D eigenvalue weighted by molar-refractivity contribution is -0.0554. The molecule has 0 amide bonds. The van der Waals surface area contributed by atoms with Crippen molar-refractivity contribution in [1.82, 2.24) is 8.59 Å². The van der Waals surface area contributed by atoms with E-state index in [1.54, 1.807) is 12.2 Å². The fourth-order valence-electron chi connectivity index (χ4n) is 0.321. The van der Waals surface area contributed by atoms with E-state index in [4.69, 9.17) is 4.84 Å². The van der Waals surface area contributed by atoms with Crippen LogP contribution in [0.4, 0.5) is 0 Å². The number of hydrogen-bond acceptors (Lipinski definition) is 3. The molecule has 0 saturated carbocycles. The summed E-state index contributed by atoms with van der Waals surface area (Å²) >= 11 is 0.122. The van der Waals surface area contributed by atoms with Crippen molar-refractivity contribution in [2.75, 3.05) is 13.8 Å². The first-order valence-corrected chi connectivity index (χ1v) is 4.25. The van der Waals surface area contributed by atoms with Crippen LogP contribution in [0.3, 0.4) is 0 Å². The fourth-order valence-corrected chi connectivity index (χ4v) is 1.79. The summed E-state index contributed by atoms with van der Waals surface area (Å²) < 4.78 is 5.25. The Morgan fingerprint density at radius 1 is 2.00 bits per heavy atom. The average Bonchev–Trinajstić information content (AvgIpc) is 2.14. The van der Waals surface area contributed by atoms with Crippen molar-refractivity contribution in [3.05, 3.63) is 0 Å². The van der Waals surface area contributed by atoms with Gasteiger partial charge < -0.3 is 0 Å². The van der Waals surface area contributed by atoms with Gasteiger partial charge in [-0.3, -0.25) is 4.84 Å². The monoisotopic (exact) mass is 214 g/mol. The molecular weight excluding hydrogens is 207 g/mol. The lowest BCUT2D eigenvalue weighted by Crippen LogP contribution is -2.21. The van der Waals surface area contributed by atoms with Gasteiger partial charge >= 0.3 is 0 Å². The van der Waals surface area contributed by atoms with Crippen molar-refractivity contribution < 1.29 is 4.84 Å². The summed E-state index contributed by atoms with van der Waals surface area (Å²) in [5.41, 5.74) is 0. The summed E-state index contributed by atoms with van der Waals surface area (Å²) in [6.07, 6.45) is 0. The molecule has 1 rings (SSSR count). The molecule has 0 unspecified atom stereocenters. The molecule has 0 atom stereocenters. The van der Waals surface area contributed by atoms with Crippen LogP contribution in [0.2, 0.25) is 0 Å². The topological polar surface area (TPSA) is 24.5 Å². The molecule has 0 aromatic carbocycles. The minimum atomic E-state index is 0.122. The van der Waals surface area contributed by atoms with Crippen molar-refractivity contribution in [3.63, 3.8) is 0 Å². The smallest absolute Gasteiger partial charge is 0.0864 e. The highest BCUT2D eigenvalue weighted by molar-refractivity contribution is 14.2. The van der Waals surface area contributed by atoms with E-state index in [0.717, 1.165) is 6.67 Å². The van der Waals surface area contributed by atoms with Crippen LogP contribution in [0.15, 0.2) is 0 Å². The van der Waals surface area contributed by atoms with Gasteiger partial charge in [0.2, 0.25) is 0 Å². The molecule has 3 nitrogen and oxygen atoms in total. The van der Waals surface area contributed by atoms with Crippen molar-refractivity contribution in [2.24, 2.45) is 0 Å². The van der Waals surface area contributed by atoms with Crippen LogP contribution in [0, 0.1) is 0 Å². The SMILES string of the molecule is CON1C=INC1. The molecule has 0 radical (unpaired) electrons. The summed E-state index contributed by atoms with van der Waals surface area (Å²) in [4.78, 5) is 4.85. The number of nitrogens with one attached hydrogen (secondary N) is 1. The predicted molar refractivity (Wildman–Crippen MR) is 36.9 cm³/mol. The van der Waals surface area contributed by atoms with E-state index in [9.17, 15) is 0 Å². The zero-order valence-corrected chi connectivity index (χ0v) is 6.18. The third-order valence-electron chi connectivity index (χ3n) is 0.685. The van der Waals surface area contributed by atoms with Crippen molar-refractivity contribution in [3.8, 4) is 0 Å². The first kappa shape index (κ1) is 5.61. The number of rotatable bonds is 1. The van der Waals surface area contributed by atoms with Crippen LogP contribution in [0.25, 0.3) is 0 Å². The van der Waals surface area contributed by atoms with Crippen LogP contribution >= 0.6 is 21.0 Å². The molecule has 0 fully saturated rings. The van der Waals surface area contributed by atoms with E-state index < -0.39 is 0 Å². The number of halogens is 1. The minimum absolute atomic E-state index is 0.122. The van der Waals surface area contributed by atoms with E-state index in [1.165, 1.54) is 0 Å². The van der Waals surface area contributed by atoms with Crippen molar-refractivity contribution >= 4 is 25.1 Å². The van der Waals surface area contributed by atoms with Crippen molar-refractivity contribution in [2.45, 2.75) is 0 Å². The van der Waals surface area contributed by atoms with Crippen molar-refractivity contribution in [1.29, 1.82) is 0 Å². The van der Waals surface area contributed by atoms with E-state index in [0.29, 0.717) is 0 Å². The van der Waals surface area contributed by atoms with Crippen LogP contribution in [-0.2, 0) is 4.84 Å². The van der Waals surface area contributed by atoms with Gasteiger partial charge in [0.15, 0.2) is 0 Å². The fraction of sp³-hybridized carbons (Fsp3) is 0.667. The molecule has 7 heavy (non-hydrogen) atoms. The van der Waals surface area contributed by atoms with Gasteiger partial charge in [0, 0.05) is 0 Å². The first-order chi connectivity index (χ1) is 3.43. The van der Waals surface area contributed by atoms with E-state index >= 15 is 0 Å². The molecule has 0 bridgehead atoms. The highest BCUT2D eigenvalue weighted by Gasteiger charge is 2.00. The standard InChI is InChI=1S/C3H7IN2O/c1-7-6-2-4-5-3-6/h2,5H,3H2,1H3. The highest BCUT2D eigenvalue weighted by Crippen LogP contribution is 1.97. The molecule has 0 spiro atoms. The Kier molecular flexibility index (Phi) is 2.17. The zero-order valence-electron chi connectivity index (χ0n) is 4.02. The summed E-state index contributed by atoms with van der Waals surface area (Å²) in [5, 5.41) is 1.80. The van der Waals surface area contributed by atoms with E-state index in [2.05, 4.69) is 7.67 Å². The van der Waals surface area contributed by atoms with Crippen LogP contribution in [0.5, 0.6) is 0 Å². The summed E-state index contributed by atoms with van der Waals surface area (Å²) in [5.74, 6) is 0. The Bertz CT molecular complexity index is 85.0. The van der Waals surface area contributed by atoms with Crippen LogP contribution in [-0.4, -0.2) is 23.0 Å². The highest BCUT2D eigenvalue weighted by atomic mass is 127.